The van der Waals surface area contributed by atoms with Crippen LogP contribution < -0.4 is 9.47 Å². The summed E-state index contributed by atoms with van der Waals surface area (Å²) in [7, 11) is 0. The minimum atomic E-state index is -0.678. The van der Waals surface area contributed by atoms with Gasteiger partial charge in [0.15, 0.2) is 17.6 Å². The fourth-order valence-corrected chi connectivity index (χ4v) is 2.87. The number of esters is 1. The molecule has 1 unspecified atom stereocenters. The van der Waals surface area contributed by atoms with Gasteiger partial charge in [0.1, 0.15) is 0 Å². The Hall–Kier alpha value is -3.61. The Balaban J connectivity index is 1.62. The average molecular weight is 437 g/mol. The first-order valence-electron chi connectivity index (χ1n) is 10.7. The van der Waals surface area contributed by atoms with E-state index in [-0.39, 0.29) is 5.89 Å². The maximum absolute atomic E-state index is 12.3. The second-order valence-electron chi connectivity index (χ2n) is 7.21. The van der Waals surface area contributed by atoms with Crippen LogP contribution in [-0.2, 0) is 9.53 Å². The van der Waals surface area contributed by atoms with Gasteiger partial charge in [-0.25, -0.2) is 4.79 Å². The van der Waals surface area contributed by atoms with Crippen molar-refractivity contribution in [3.05, 3.63) is 65.6 Å². The summed E-state index contributed by atoms with van der Waals surface area (Å²) >= 11 is 0. The van der Waals surface area contributed by atoms with Crippen LogP contribution >= 0.6 is 0 Å². The molecule has 0 radical (unpaired) electrons. The average Bonchev–Trinajstić information content (AvgIpc) is 3.28. The largest absolute Gasteiger partial charge is 0.490 e. The van der Waals surface area contributed by atoms with Crippen molar-refractivity contribution in [1.82, 2.24) is 10.2 Å². The van der Waals surface area contributed by atoms with E-state index in [2.05, 4.69) is 10.2 Å². The number of aryl methyl sites for hydroxylation is 1. The number of benzene rings is 2. The Morgan fingerprint density at radius 3 is 2.56 bits per heavy atom. The minimum Gasteiger partial charge on any atom is -0.490 e. The zero-order valence-electron chi connectivity index (χ0n) is 18.8. The van der Waals surface area contributed by atoms with Crippen LogP contribution in [0.4, 0.5) is 0 Å². The lowest BCUT2D eigenvalue weighted by molar-refractivity contribution is -0.143. The first-order valence-corrected chi connectivity index (χ1v) is 10.7. The number of aromatic nitrogens is 2. The Morgan fingerprint density at radius 1 is 1.06 bits per heavy atom. The van der Waals surface area contributed by atoms with E-state index in [0.29, 0.717) is 30.6 Å². The molecule has 3 rings (SSSR count). The molecule has 7 nitrogen and oxygen atoms in total. The molecular weight excluding hydrogens is 408 g/mol. The molecule has 0 aliphatic heterocycles. The summed E-state index contributed by atoms with van der Waals surface area (Å²) in [6.07, 6.45) is 3.24. The monoisotopic (exact) mass is 436 g/mol. The smallest absolute Gasteiger partial charge is 0.331 e. The first-order chi connectivity index (χ1) is 15.5. The van der Waals surface area contributed by atoms with Gasteiger partial charge < -0.3 is 18.6 Å². The second-order valence-corrected chi connectivity index (χ2v) is 7.21. The summed E-state index contributed by atoms with van der Waals surface area (Å²) in [5, 5.41) is 8.05. The number of hydrogen-bond acceptors (Lipinski definition) is 7. The fourth-order valence-electron chi connectivity index (χ4n) is 2.87. The molecule has 0 fully saturated rings. The highest BCUT2D eigenvalue weighted by molar-refractivity contribution is 5.87. The van der Waals surface area contributed by atoms with E-state index in [4.69, 9.17) is 18.6 Å². The van der Waals surface area contributed by atoms with Gasteiger partial charge >= 0.3 is 5.97 Å². The van der Waals surface area contributed by atoms with Crippen LogP contribution in [0.15, 0.2) is 53.0 Å². The van der Waals surface area contributed by atoms with E-state index < -0.39 is 12.1 Å². The third-order valence-corrected chi connectivity index (χ3v) is 4.52. The van der Waals surface area contributed by atoms with Crippen molar-refractivity contribution in [2.75, 3.05) is 13.2 Å². The summed E-state index contributed by atoms with van der Waals surface area (Å²) in [5.74, 6) is 1.42. The molecule has 2 aromatic carbocycles. The van der Waals surface area contributed by atoms with Gasteiger partial charge in [-0.15, -0.1) is 10.2 Å². The molecule has 0 saturated heterocycles. The standard InChI is InChI=1S/C25H28N2O5/c1-5-15-30-21-13-9-19(16-22(21)29-6-2)10-14-23(28)31-18(4)24-26-27-25(32-24)20-11-7-17(3)8-12-20/h7-14,16,18H,5-6,15H2,1-4H3/b14-10+. The zero-order chi connectivity index (χ0) is 22.9. The predicted molar refractivity (Wildman–Crippen MR) is 121 cm³/mol. The van der Waals surface area contributed by atoms with Crippen molar-refractivity contribution < 1.29 is 23.4 Å². The van der Waals surface area contributed by atoms with Crippen LogP contribution in [0.1, 0.15) is 50.3 Å². The molecular formula is C25H28N2O5. The van der Waals surface area contributed by atoms with Gasteiger partial charge in [0.2, 0.25) is 5.89 Å². The third kappa shape index (κ3) is 6.20. The highest BCUT2D eigenvalue weighted by atomic mass is 16.6. The SMILES string of the molecule is CCCOc1ccc(/C=C/C(=O)OC(C)c2nnc(-c3ccc(C)cc3)o2)cc1OCC. The number of ether oxygens (including phenoxy) is 3. The van der Waals surface area contributed by atoms with Crippen molar-refractivity contribution in [3.63, 3.8) is 0 Å². The molecule has 7 heteroatoms. The quantitative estimate of drug-likeness (QED) is 0.304. The van der Waals surface area contributed by atoms with Gasteiger partial charge in [-0.1, -0.05) is 30.7 Å². The Kier molecular flexibility index (Phi) is 8.02. The highest BCUT2D eigenvalue weighted by Gasteiger charge is 2.18. The molecule has 32 heavy (non-hydrogen) atoms. The molecule has 0 saturated carbocycles. The van der Waals surface area contributed by atoms with Gasteiger partial charge in [0.25, 0.3) is 5.89 Å². The predicted octanol–water partition coefficient (Wildman–Crippen LogP) is 5.55. The lowest BCUT2D eigenvalue weighted by Crippen LogP contribution is -2.06. The summed E-state index contributed by atoms with van der Waals surface area (Å²) in [6, 6.07) is 13.3. The number of carbonyl (C=O) groups is 1. The lowest BCUT2D eigenvalue weighted by Gasteiger charge is -2.12. The van der Waals surface area contributed by atoms with Crippen LogP contribution in [0.3, 0.4) is 0 Å². The summed E-state index contributed by atoms with van der Waals surface area (Å²) in [5.41, 5.74) is 2.74. The Morgan fingerprint density at radius 2 is 1.84 bits per heavy atom. The van der Waals surface area contributed by atoms with Crippen LogP contribution in [0.5, 0.6) is 11.5 Å². The zero-order valence-corrected chi connectivity index (χ0v) is 18.8. The van der Waals surface area contributed by atoms with Gasteiger partial charge in [-0.3, -0.25) is 0 Å². The van der Waals surface area contributed by atoms with Crippen molar-refractivity contribution in [2.24, 2.45) is 0 Å². The molecule has 3 aromatic rings. The van der Waals surface area contributed by atoms with E-state index in [1.807, 2.05) is 63.2 Å². The van der Waals surface area contributed by atoms with Gasteiger partial charge in [0.05, 0.1) is 13.2 Å². The van der Waals surface area contributed by atoms with Crippen LogP contribution in [0.25, 0.3) is 17.5 Å². The fraction of sp³-hybridized carbons (Fsp3) is 0.320. The molecule has 1 aromatic heterocycles. The number of carbonyl (C=O) groups excluding carboxylic acids is 1. The van der Waals surface area contributed by atoms with E-state index in [1.165, 1.54) is 6.08 Å². The molecule has 0 bridgehead atoms. The minimum absolute atomic E-state index is 0.235. The summed E-state index contributed by atoms with van der Waals surface area (Å²) in [6.45, 7) is 8.77. The second kappa shape index (κ2) is 11.1. The normalized spacial score (nSPS) is 12.0. The lowest BCUT2D eigenvalue weighted by atomic mass is 10.1. The van der Waals surface area contributed by atoms with Crippen molar-refractivity contribution in [3.8, 4) is 23.0 Å². The molecule has 0 spiro atoms. The molecule has 0 aliphatic carbocycles. The van der Waals surface area contributed by atoms with E-state index in [0.717, 1.165) is 23.1 Å². The first kappa shape index (κ1) is 23.1. The highest BCUT2D eigenvalue weighted by Crippen LogP contribution is 2.29. The molecule has 0 N–H and O–H groups in total. The van der Waals surface area contributed by atoms with Gasteiger partial charge in [-0.2, -0.15) is 0 Å². The number of rotatable bonds is 10. The number of nitrogens with zero attached hydrogens (tertiary/aromatic N) is 2. The molecule has 1 heterocycles. The summed E-state index contributed by atoms with van der Waals surface area (Å²) < 4.78 is 22.4. The van der Waals surface area contributed by atoms with Crippen LogP contribution in [-0.4, -0.2) is 29.4 Å². The topological polar surface area (TPSA) is 83.7 Å². The van der Waals surface area contributed by atoms with Crippen LogP contribution in [0, 0.1) is 6.92 Å². The van der Waals surface area contributed by atoms with Gasteiger partial charge in [-0.05, 0) is 63.1 Å². The Bertz CT molecular complexity index is 1060. The van der Waals surface area contributed by atoms with Crippen molar-refractivity contribution in [2.45, 2.75) is 40.2 Å². The van der Waals surface area contributed by atoms with Crippen LogP contribution in [0.2, 0.25) is 0 Å². The maximum Gasteiger partial charge on any atom is 0.331 e. The molecule has 0 amide bonds. The molecule has 168 valence electrons. The Labute approximate surface area is 188 Å². The third-order valence-electron chi connectivity index (χ3n) is 4.52. The van der Waals surface area contributed by atoms with E-state index in [9.17, 15) is 4.79 Å². The van der Waals surface area contributed by atoms with E-state index in [1.54, 1.807) is 13.0 Å². The van der Waals surface area contributed by atoms with Crippen molar-refractivity contribution >= 4 is 12.0 Å². The van der Waals surface area contributed by atoms with Gasteiger partial charge in [0, 0.05) is 11.6 Å². The molecule has 1 atom stereocenters. The maximum atomic E-state index is 12.3. The van der Waals surface area contributed by atoms with E-state index >= 15 is 0 Å². The summed E-state index contributed by atoms with van der Waals surface area (Å²) in [4.78, 5) is 12.3. The molecule has 0 aliphatic rings. The van der Waals surface area contributed by atoms with Crippen molar-refractivity contribution in [1.29, 1.82) is 0 Å². The number of hydrogen-bond donors (Lipinski definition) is 0.